The highest BCUT2D eigenvalue weighted by molar-refractivity contribution is 5.32. The molecule has 0 radical (unpaired) electrons. The fourth-order valence-corrected chi connectivity index (χ4v) is 2.54. The molecule has 3 N–H and O–H groups in total. The Hall–Kier alpha value is -1.14. The van der Waals surface area contributed by atoms with Crippen molar-refractivity contribution >= 4 is 0 Å². The van der Waals surface area contributed by atoms with Crippen molar-refractivity contribution in [3.05, 3.63) is 29.8 Å². The number of nitrogens with zero attached hydrogens (tertiary/aromatic N) is 1. The first-order chi connectivity index (χ1) is 10.0. The maximum Gasteiger partial charge on any atom is 0.123 e. The SMILES string of the molecule is CC1(C)COCCN1CC(O)COc1ccccc1CN. The van der Waals surface area contributed by atoms with Crippen LogP contribution in [0.15, 0.2) is 24.3 Å². The minimum Gasteiger partial charge on any atom is -0.491 e. The van der Waals surface area contributed by atoms with E-state index in [-0.39, 0.29) is 12.1 Å². The van der Waals surface area contributed by atoms with Crippen molar-refractivity contribution in [1.29, 1.82) is 0 Å². The van der Waals surface area contributed by atoms with Gasteiger partial charge in [-0.1, -0.05) is 18.2 Å². The summed E-state index contributed by atoms with van der Waals surface area (Å²) >= 11 is 0. The third-order valence-corrected chi connectivity index (χ3v) is 3.87. The van der Waals surface area contributed by atoms with Crippen molar-refractivity contribution in [3.8, 4) is 5.75 Å². The molecular weight excluding hydrogens is 268 g/mol. The average Bonchev–Trinajstić information content (AvgIpc) is 2.47. The van der Waals surface area contributed by atoms with Gasteiger partial charge >= 0.3 is 0 Å². The fourth-order valence-electron chi connectivity index (χ4n) is 2.54. The van der Waals surface area contributed by atoms with E-state index in [1.54, 1.807) is 0 Å². The largest absolute Gasteiger partial charge is 0.491 e. The molecule has 2 rings (SSSR count). The molecule has 0 amide bonds. The van der Waals surface area contributed by atoms with E-state index in [0.717, 1.165) is 17.9 Å². The first-order valence-corrected chi connectivity index (χ1v) is 7.44. The van der Waals surface area contributed by atoms with E-state index >= 15 is 0 Å². The standard InChI is InChI=1S/C16H26N2O3/c1-16(2)12-20-8-7-18(16)10-14(19)11-21-15-6-4-3-5-13(15)9-17/h3-6,14,19H,7-12,17H2,1-2H3. The fraction of sp³-hybridized carbons (Fsp3) is 0.625. The minimum atomic E-state index is -0.534. The van der Waals surface area contributed by atoms with E-state index in [4.69, 9.17) is 15.2 Å². The van der Waals surface area contributed by atoms with Crippen LogP contribution >= 0.6 is 0 Å². The lowest BCUT2D eigenvalue weighted by molar-refractivity contribution is -0.0703. The molecule has 1 heterocycles. The van der Waals surface area contributed by atoms with Crippen LogP contribution in [0.1, 0.15) is 19.4 Å². The summed E-state index contributed by atoms with van der Waals surface area (Å²) in [6.07, 6.45) is -0.534. The number of para-hydroxylation sites is 1. The number of morpholine rings is 1. The molecule has 0 bridgehead atoms. The molecule has 0 aromatic heterocycles. The van der Waals surface area contributed by atoms with E-state index in [1.807, 2.05) is 24.3 Å². The molecule has 1 saturated heterocycles. The second kappa shape index (κ2) is 7.22. The van der Waals surface area contributed by atoms with Crippen LogP contribution in [0.5, 0.6) is 5.75 Å². The molecule has 1 aliphatic heterocycles. The molecule has 21 heavy (non-hydrogen) atoms. The second-order valence-corrected chi connectivity index (χ2v) is 6.09. The van der Waals surface area contributed by atoms with Crippen molar-refractivity contribution in [3.63, 3.8) is 0 Å². The van der Waals surface area contributed by atoms with E-state index < -0.39 is 6.10 Å². The van der Waals surface area contributed by atoms with E-state index in [2.05, 4.69) is 18.7 Å². The molecule has 1 atom stereocenters. The van der Waals surface area contributed by atoms with Crippen molar-refractivity contribution in [2.45, 2.75) is 32.0 Å². The minimum absolute atomic E-state index is 0.0472. The Morgan fingerprint density at radius 2 is 2.19 bits per heavy atom. The highest BCUT2D eigenvalue weighted by Gasteiger charge is 2.31. The van der Waals surface area contributed by atoms with Crippen molar-refractivity contribution in [2.24, 2.45) is 5.73 Å². The van der Waals surface area contributed by atoms with Gasteiger partial charge in [-0.2, -0.15) is 0 Å². The summed E-state index contributed by atoms with van der Waals surface area (Å²) in [7, 11) is 0. The highest BCUT2D eigenvalue weighted by atomic mass is 16.5. The van der Waals surface area contributed by atoms with Gasteiger partial charge in [-0.15, -0.1) is 0 Å². The molecule has 1 aliphatic rings. The van der Waals surface area contributed by atoms with Gasteiger partial charge in [0.1, 0.15) is 18.5 Å². The van der Waals surface area contributed by atoms with Gasteiger partial charge in [0.25, 0.3) is 0 Å². The number of benzene rings is 1. The number of β-amino-alcohol motifs (C(OH)–C–C–N with tert-alkyl or cyclic N) is 1. The first kappa shape index (κ1) is 16.2. The monoisotopic (exact) mass is 294 g/mol. The lowest BCUT2D eigenvalue weighted by Gasteiger charge is -2.42. The average molecular weight is 294 g/mol. The summed E-state index contributed by atoms with van der Waals surface area (Å²) in [6, 6.07) is 7.66. The maximum absolute atomic E-state index is 10.2. The summed E-state index contributed by atoms with van der Waals surface area (Å²) in [5.41, 5.74) is 6.59. The zero-order valence-corrected chi connectivity index (χ0v) is 12.9. The van der Waals surface area contributed by atoms with Gasteiger partial charge < -0.3 is 20.3 Å². The number of hydrogen-bond donors (Lipinski definition) is 2. The van der Waals surface area contributed by atoms with Gasteiger partial charge in [0.2, 0.25) is 0 Å². The normalized spacial score (nSPS) is 20.2. The third-order valence-electron chi connectivity index (χ3n) is 3.87. The molecule has 1 aromatic carbocycles. The molecular formula is C16H26N2O3. The van der Waals surface area contributed by atoms with Gasteiger partial charge in [0, 0.05) is 30.7 Å². The lowest BCUT2D eigenvalue weighted by Crippen LogP contribution is -2.55. The van der Waals surface area contributed by atoms with Crippen molar-refractivity contribution < 1.29 is 14.6 Å². The molecule has 1 unspecified atom stereocenters. The van der Waals surface area contributed by atoms with Crippen molar-refractivity contribution in [2.75, 3.05) is 32.9 Å². The topological polar surface area (TPSA) is 68.0 Å². The molecule has 0 aliphatic carbocycles. The van der Waals surface area contributed by atoms with Gasteiger partial charge in [0.05, 0.1) is 13.2 Å². The van der Waals surface area contributed by atoms with Crippen LogP contribution in [0.4, 0.5) is 0 Å². The van der Waals surface area contributed by atoms with Gasteiger partial charge in [-0.3, -0.25) is 4.90 Å². The lowest BCUT2D eigenvalue weighted by atomic mass is 10.0. The number of nitrogens with two attached hydrogens (primary N) is 1. The summed E-state index contributed by atoms with van der Waals surface area (Å²) < 4.78 is 11.2. The molecule has 5 nitrogen and oxygen atoms in total. The number of rotatable bonds is 6. The predicted octanol–water partition coefficient (Wildman–Crippen LogP) is 0.996. The van der Waals surface area contributed by atoms with Crippen LogP contribution in [0.3, 0.4) is 0 Å². The predicted molar refractivity (Wildman–Crippen MR) is 82.3 cm³/mol. The van der Waals surface area contributed by atoms with Crippen LogP contribution in [-0.2, 0) is 11.3 Å². The van der Waals surface area contributed by atoms with Crippen LogP contribution in [-0.4, -0.2) is 54.6 Å². The Labute approximate surface area is 126 Å². The molecule has 1 aromatic rings. The first-order valence-electron chi connectivity index (χ1n) is 7.44. The zero-order valence-electron chi connectivity index (χ0n) is 12.9. The van der Waals surface area contributed by atoms with E-state index in [1.165, 1.54) is 0 Å². The number of hydrogen-bond acceptors (Lipinski definition) is 5. The van der Waals surface area contributed by atoms with Crippen LogP contribution in [0, 0.1) is 0 Å². The Kier molecular flexibility index (Phi) is 5.58. The number of aliphatic hydroxyl groups is 1. The quantitative estimate of drug-likeness (QED) is 0.819. The Morgan fingerprint density at radius 3 is 2.90 bits per heavy atom. The van der Waals surface area contributed by atoms with Crippen LogP contribution < -0.4 is 10.5 Å². The molecule has 0 saturated carbocycles. The summed E-state index contributed by atoms with van der Waals surface area (Å²) in [5.74, 6) is 0.750. The Bertz CT molecular complexity index is 451. The number of ether oxygens (including phenoxy) is 2. The van der Waals surface area contributed by atoms with E-state index in [0.29, 0.717) is 26.3 Å². The Morgan fingerprint density at radius 1 is 1.43 bits per heavy atom. The molecule has 5 heteroatoms. The van der Waals surface area contributed by atoms with Gasteiger partial charge in [0.15, 0.2) is 0 Å². The van der Waals surface area contributed by atoms with Crippen LogP contribution in [0.25, 0.3) is 0 Å². The second-order valence-electron chi connectivity index (χ2n) is 6.09. The van der Waals surface area contributed by atoms with E-state index in [9.17, 15) is 5.11 Å². The smallest absolute Gasteiger partial charge is 0.123 e. The molecule has 0 spiro atoms. The maximum atomic E-state index is 10.2. The van der Waals surface area contributed by atoms with Crippen molar-refractivity contribution in [1.82, 2.24) is 4.90 Å². The highest BCUT2D eigenvalue weighted by Crippen LogP contribution is 2.20. The summed E-state index contributed by atoms with van der Waals surface area (Å²) in [6.45, 7) is 7.79. The van der Waals surface area contributed by atoms with Gasteiger partial charge in [-0.05, 0) is 19.9 Å². The molecule has 118 valence electrons. The third kappa shape index (κ3) is 4.41. The van der Waals surface area contributed by atoms with Gasteiger partial charge in [-0.25, -0.2) is 0 Å². The zero-order chi connectivity index (χ0) is 15.3. The summed E-state index contributed by atoms with van der Waals surface area (Å²) in [5, 5.41) is 10.2. The summed E-state index contributed by atoms with van der Waals surface area (Å²) in [4.78, 5) is 2.25. The molecule has 1 fully saturated rings. The Balaban J connectivity index is 1.85. The van der Waals surface area contributed by atoms with Crippen LogP contribution in [0.2, 0.25) is 0 Å². The number of aliphatic hydroxyl groups excluding tert-OH is 1.